The van der Waals surface area contributed by atoms with Crippen molar-refractivity contribution in [3.63, 3.8) is 0 Å². The first kappa shape index (κ1) is 13.4. The highest BCUT2D eigenvalue weighted by Gasteiger charge is 2.35. The van der Waals surface area contributed by atoms with Crippen molar-refractivity contribution in [2.75, 3.05) is 19.1 Å². The molecule has 0 radical (unpaired) electrons. The summed E-state index contributed by atoms with van der Waals surface area (Å²) in [6.45, 7) is 1.63. The summed E-state index contributed by atoms with van der Waals surface area (Å²) >= 11 is 6.16. The fraction of sp³-hybridized carbons (Fsp3) is 0.800. The third kappa shape index (κ3) is 2.97. The highest BCUT2D eigenvalue weighted by molar-refractivity contribution is 6.18. The van der Waals surface area contributed by atoms with E-state index in [2.05, 4.69) is 16.9 Å². The number of ether oxygens (including phenoxy) is 1. The Morgan fingerprint density at radius 3 is 2.89 bits per heavy atom. The molecule has 0 N–H and O–H groups in total. The van der Waals surface area contributed by atoms with Gasteiger partial charge in [-0.2, -0.15) is 5.10 Å². The average Bonchev–Trinajstić information content (AvgIpc) is 3.10. The highest BCUT2D eigenvalue weighted by Crippen LogP contribution is 2.34. The topological polar surface area (TPSA) is 27.1 Å². The van der Waals surface area contributed by atoms with Crippen LogP contribution in [0, 0.1) is 5.41 Å². The van der Waals surface area contributed by atoms with E-state index in [0.717, 1.165) is 26.1 Å². The van der Waals surface area contributed by atoms with Crippen molar-refractivity contribution in [3.8, 4) is 0 Å². The van der Waals surface area contributed by atoms with Crippen LogP contribution in [0.15, 0.2) is 12.3 Å². The first-order valence-corrected chi connectivity index (χ1v) is 8.03. The Hall–Kier alpha value is -0.540. The smallest absolute Gasteiger partial charge is 0.0631 e. The first-order chi connectivity index (χ1) is 9.31. The van der Waals surface area contributed by atoms with Crippen molar-refractivity contribution in [2.24, 2.45) is 5.41 Å². The molecule has 2 aliphatic rings. The number of aromatic nitrogens is 2. The SMILES string of the molecule is ClCC1(Cc2ccn(C3CCCCC3)n2)CCOC1. The Labute approximate surface area is 120 Å². The summed E-state index contributed by atoms with van der Waals surface area (Å²) in [5.41, 5.74) is 1.30. The van der Waals surface area contributed by atoms with Gasteiger partial charge in [-0.25, -0.2) is 0 Å². The van der Waals surface area contributed by atoms with E-state index in [1.807, 2.05) is 0 Å². The minimum absolute atomic E-state index is 0.118. The van der Waals surface area contributed by atoms with E-state index in [4.69, 9.17) is 21.4 Å². The quantitative estimate of drug-likeness (QED) is 0.790. The summed E-state index contributed by atoms with van der Waals surface area (Å²) in [7, 11) is 0. The molecule has 1 saturated heterocycles. The zero-order valence-corrected chi connectivity index (χ0v) is 12.2. The van der Waals surface area contributed by atoms with E-state index >= 15 is 0 Å². The van der Waals surface area contributed by atoms with Gasteiger partial charge in [-0.3, -0.25) is 4.68 Å². The lowest BCUT2D eigenvalue weighted by molar-refractivity contribution is 0.160. The number of alkyl halides is 1. The van der Waals surface area contributed by atoms with Crippen LogP contribution in [0.1, 0.15) is 50.3 Å². The molecule has 0 bridgehead atoms. The van der Waals surface area contributed by atoms with Crippen LogP contribution in [0.4, 0.5) is 0 Å². The molecule has 1 unspecified atom stereocenters. The molecular weight excluding hydrogens is 260 g/mol. The summed E-state index contributed by atoms with van der Waals surface area (Å²) in [5, 5.41) is 4.79. The lowest BCUT2D eigenvalue weighted by Gasteiger charge is -2.24. The summed E-state index contributed by atoms with van der Waals surface area (Å²) in [6.07, 6.45) is 10.8. The number of hydrogen-bond donors (Lipinski definition) is 0. The molecule has 1 atom stereocenters. The minimum atomic E-state index is 0.118. The van der Waals surface area contributed by atoms with Crippen LogP contribution in [0.25, 0.3) is 0 Å². The van der Waals surface area contributed by atoms with Gasteiger partial charge in [0.2, 0.25) is 0 Å². The number of hydrogen-bond acceptors (Lipinski definition) is 2. The molecule has 1 aliphatic heterocycles. The lowest BCUT2D eigenvalue weighted by atomic mass is 9.85. The Balaban J connectivity index is 1.67. The predicted octanol–water partition coefficient (Wildman–Crippen LogP) is 3.58. The molecule has 1 aromatic rings. The van der Waals surface area contributed by atoms with E-state index in [9.17, 15) is 0 Å². The molecule has 0 spiro atoms. The molecule has 2 heterocycles. The van der Waals surface area contributed by atoms with E-state index in [-0.39, 0.29) is 5.41 Å². The predicted molar refractivity (Wildman–Crippen MR) is 76.6 cm³/mol. The molecule has 3 nitrogen and oxygen atoms in total. The van der Waals surface area contributed by atoms with Gasteiger partial charge in [0.25, 0.3) is 0 Å². The van der Waals surface area contributed by atoms with E-state index in [0.29, 0.717) is 11.9 Å². The highest BCUT2D eigenvalue weighted by atomic mass is 35.5. The van der Waals surface area contributed by atoms with Gasteiger partial charge in [-0.15, -0.1) is 11.6 Å². The maximum atomic E-state index is 6.16. The summed E-state index contributed by atoms with van der Waals surface area (Å²) in [5.74, 6) is 0.670. The molecule has 0 aromatic carbocycles. The third-order valence-electron chi connectivity index (χ3n) is 4.64. The number of halogens is 1. The molecule has 2 fully saturated rings. The van der Waals surface area contributed by atoms with Crippen LogP contribution in [0.3, 0.4) is 0 Å². The molecule has 1 aliphatic carbocycles. The van der Waals surface area contributed by atoms with E-state index < -0.39 is 0 Å². The van der Waals surface area contributed by atoms with Gasteiger partial charge < -0.3 is 4.74 Å². The van der Waals surface area contributed by atoms with Crippen LogP contribution >= 0.6 is 11.6 Å². The Morgan fingerprint density at radius 2 is 2.21 bits per heavy atom. The van der Waals surface area contributed by atoms with Crippen molar-refractivity contribution in [3.05, 3.63) is 18.0 Å². The summed E-state index contributed by atoms with van der Waals surface area (Å²) in [4.78, 5) is 0. The van der Waals surface area contributed by atoms with Crippen LogP contribution in [0.2, 0.25) is 0 Å². The molecule has 4 heteroatoms. The second kappa shape index (κ2) is 5.84. The molecule has 3 rings (SSSR count). The monoisotopic (exact) mass is 282 g/mol. The van der Waals surface area contributed by atoms with Gasteiger partial charge in [-0.1, -0.05) is 19.3 Å². The van der Waals surface area contributed by atoms with Gasteiger partial charge in [0.1, 0.15) is 0 Å². The largest absolute Gasteiger partial charge is 0.381 e. The van der Waals surface area contributed by atoms with Crippen molar-refractivity contribution in [1.82, 2.24) is 9.78 Å². The zero-order chi connectivity index (χ0) is 13.1. The van der Waals surface area contributed by atoms with Crippen molar-refractivity contribution in [2.45, 2.75) is 51.0 Å². The normalized spacial score (nSPS) is 28.9. The minimum Gasteiger partial charge on any atom is -0.381 e. The van der Waals surface area contributed by atoms with Crippen molar-refractivity contribution >= 4 is 11.6 Å². The molecule has 0 amide bonds. The summed E-state index contributed by atoms with van der Waals surface area (Å²) in [6, 6.07) is 2.79. The van der Waals surface area contributed by atoms with Gasteiger partial charge in [0, 0.05) is 30.5 Å². The van der Waals surface area contributed by atoms with Gasteiger partial charge >= 0.3 is 0 Å². The molecule has 1 saturated carbocycles. The molecular formula is C15H23ClN2O. The third-order valence-corrected chi connectivity index (χ3v) is 5.20. The Bertz CT molecular complexity index is 406. The Kier molecular flexibility index (Phi) is 4.13. The van der Waals surface area contributed by atoms with Crippen LogP contribution < -0.4 is 0 Å². The first-order valence-electron chi connectivity index (χ1n) is 7.49. The van der Waals surface area contributed by atoms with E-state index in [1.165, 1.54) is 37.8 Å². The number of nitrogens with zero attached hydrogens (tertiary/aromatic N) is 2. The van der Waals surface area contributed by atoms with Gasteiger partial charge in [0.15, 0.2) is 0 Å². The standard InChI is InChI=1S/C15H23ClN2O/c16-11-15(7-9-19-12-15)10-13-6-8-18(17-13)14-4-2-1-3-5-14/h6,8,14H,1-5,7,9-12H2. The fourth-order valence-electron chi connectivity index (χ4n) is 3.35. The van der Waals surface area contributed by atoms with Crippen LogP contribution in [0.5, 0.6) is 0 Å². The van der Waals surface area contributed by atoms with Crippen molar-refractivity contribution < 1.29 is 4.74 Å². The number of rotatable bonds is 4. The van der Waals surface area contributed by atoms with Crippen LogP contribution in [-0.4, -0.2) is 28.9 Å². The zero-order valence-electron chi connectivity index (χ0n) is 11.5. The lowest BCUT2D eigenvalue weighted by Crippen LogP contribution is -2.26. The maximum absolute atomic E-state index is 6.16. The maximum Gasteiger partial charge on any atom is 0.0631 e. The molecule has 19 heavy (non-hydrogen) atoms. The molecule has 106 valence electrons. The van der Waals surface area contributed by atoms with Crippen molar-refractivity contribution in [1.29, 1.82) is 0 Å². The molecule has 1 aromatic heterocycles. The van der Waals surface area contributed by atoms with Crippen LogP contribution in [-0.2, 0) is 11.2 Å². The second-order valence-corrected chi connectivity index (χ2v) is 6.46. The van der Waals surface area contributed by atoms with E-state index in [1.54, 1.807) is 0 Å². The van der Waals surface area contributed by atoms with Gasteiger partial charge in [0.05, 0.1) is 18.3 Å². The summed E-state index contributed by atoms with van der Waals surface area (Å²) < 4.78 is 7.71. The Morgan fingerprint density at radius 1 is 1.37 bits per heavy atom. The fourth-order valence-corrected chi connectivity index (χ4v) is 3.65. The second-order valence-electron chi connectivity index (χ2n) is 6.19. The van der Waals surface area contributed by atoms with Gasteiger partial charge in [-0.05, 0) is 25.3 Å². The average molecular weight is 283 g/mol.